The zero-order chi connectivity index (χ0) is 27.2. The maximum atomic E-state index is 12.0. The standard InChI is InChI=1S/C32H50O3S/c1-13-31(10,16-26-20(5)19(4)21(6)27(26)18(2)3)17-32(11)15-14-25-24(9)28(34-30(33)36-12)22(7)23(8)29(25)35-32/h18,21,26-27H,13-17H2,1-12H3. The van der Waals surface area contributed by atoms with Crippen LogP contribution in [0.2, 0.25) is 0 Å². The Balaban J connectivity index is 1.89. The second-order valence-corrected chi connectivity index (χ2v) is 13.5. The van der Waals surface area contributed by atoms with Crippen LogP contribution < -0.4 is 9.47 Å². The van der Waals surface area contributed by atoms with E-state index in [-0.39, 0.29) is 16.3 Å². The average molecular weight is 515 g/mol. The Morgan fingerprint density at radius 2 is 1.78 bits per heavy atom. The number of allylic oxidation sites excluding steroid dienone is 2. The van der Waals surface area contributed by atoms with Gasteiger partial charge in [-0.1, -0.05) is 52.2 Å². The average Bonchev–Trinajstić information content (AvgIpc) is 3.03. The smallest absolute Gasteiger partial charge is 0.372 e. The van der Waals surface area contributed by atoms with Crippen LogP contribution in [0.4, 0.5) is 4.79 Å². The molecular weight excluding hydrogens is 464 g/mol. The molecule has 0 aromatic heterocycles. The van der Waals surface area contributed by atoms with Gasteiger partial charge in [0.15, 0.2) is 0 Å². The Bertz CT molecular complexity index is 1040. The molecule has 0 fully saturated rings. The van der Waals surface area contributed by atoms with Gasteiger partial charge in [0, 0.05) is 5.56 Å². The van der Waals surface area contributed by atoms with Crippen LogP contribution in [0.15, 0.2) is 11.1 Å². The molecule has 202 valence electrons. The summed E-state index contributed by atoms with van der Waals surface area (Å²) >= 11 is 1.11. The van der Waals surface area contributed by atoms with Gasteiger partial charge in [0.05, 0.1) is 0 Å². The third kappa shape index (κ3) is 5.40. The number of fused-ring (bicyclic) bond motifs is 1. The van der Waals surface area contributed by atoms with Gasteiger partial charge >= 0.3 is 5.30 Å². The van der Waals surface area contributed by atoms with Gasteiger partial charge in [0.2, 0.25) is 0 Å². The fourth-order valence-corrected chi connectivity index (χ4v) is 7.53. The molecule has 1 aliphatic carbocycles. The molecule has 0 N–H and O–H groups in total. The van der Waals surface area contributed by atoms with Crippen LogP contribution in [-0.4, -0.2) is 17.2 Å². The van der Waals surface area contributed by atoms with Crippen LogP contribution in [0.25, 0.3) is 0 Å². The lowest BCUT2D eigenvalue weighted by Crippen LogP contribution is -2.42. The largest absolute Gasteiger partial charge is 0.487 e. The third-order valence-electron chi connectivity index (χ3n) is 9.96. The normalized spacial score (nSPS) is 27.6. The summed E-state index contributed by atoms with van der Waals surface area (Å²) in [5.74, 6) is 4.48. The molecule has 0 radical (unpaired) electrons. The van der Waals surface area contributed by atoms with Gasteiger partial charge in [-0.3, -0.25) is 0 Å². The third-order valence-corrected chi connectivity index (χ3v) is 10.4. The van der Waals surface area contributed by atoms with Crippen molar-refractivity contribution in [3.8, 4) is 11.5 Å². The Kier molecular flexibility index (Phi) is 8.70. The summed E-state index contributed by atoms with van der Waals surface area (Å²) in [6, 6.07) is 0. The number of thioether (sulfide) groups is 1. The van der Waals surface area contributed by atoms with Crippen LogP contribution in [0.5, 0.6) is 11.5 Å². The van der Waals surface area contributed by atoms with Gasteiger partial charge in [0.25, 0.3) is 0 Å². The zero-order valence-electron chi connectivity index (χ0n) is 25.0. The SMILES string of the molecule is CCC(C)(CC1C(C)=C(C)C(C)C1C(C)C)CC1(C)CCc2c(C)c(OC(=O)SC)c(C)c(C)c2O1. The van der Waals surface area contributed by atoms with Crippen molar-refractivity contribution in [1.29, 1.82) is 0 Å². The lowest BCUT2D eigenvalue weighted by atomic mass is 9.66. The number of carbonyl (C=O) groups excluding carboxylic acids is 1. The van der Waals surface area contributed by atoms with E-state index >= 15 is 0 Å². The second kappa shape index (κ2) is 10.8. The summed E-state index contributed by atoms with van der Waals surface area (Å²) in [6.45, 7) is 25.4. The molecule has 0 amide bonds. The molecule has 0 saturated heterocycles. The minimum atomic E-state index is -0.263. The van der Waals surface area contributed by atoms with Crippen molar-refractivity contribution in [3.05, 3.63) is 33.4 Å². The highest BCUT2D eigenvalue weighted by molar-refractivity contribution is 8.12. The summed E-state index contributed by atoms with van der Waals surface area (Å²) in [5.41, 5.74) is 7.61. The maximum absolute atomic E-state index is 12.0. The molecule has 0 bridgehead atoms. The van der Waals surface area contributed by atoms with Gasteiger partial charge in [-0.2, -0.15) is 0 Å². The van der Waals surface area contributed by atoms with Crippen LogP contribution in [0.3, 0.4) is 0 Å². The van der Waals surface area contributed by atoms with Crippen molar-refractivity contribution in [1.82, 2.24) is 0 Å². The molecule has 4 heteroatoms. The molecule has 0 saturated carbocycles. The molecular formula is C32H50O3S. The minimum absolute atomic E-state index is 0.205. The number of hydrogen-bond donors (Lipinski definition) is 0. The maximum Gasteiger partial charge on any atom is 0.372 e. The lowest BCUT2D eigenvalue weighted by molar-refractivity contribution is 0.00285. The number of rotatable bonds is 7. The first-order valence-electron chi connectivity index (χ1n) is 13.9. The summed E-state index contributed by atoms with van der Waals surface area (Å²) in [5, 5.41) is -0.263. The van der Waals surface area contributed by atoms with Crippen molar-refractivity contribution < 1.29 is 14.3 Å². The van der Waals surface area contributed by atoms with Gasteiger partial charge in [-0.25, -0.2) is 4.79 Å². The second-order valence-electron chi connectivity index (χ2n) is 12.7. The van der Waals surface area contributed by atoms with Gasteiger partial charge in [-0.05, 0) is 131 Å². The Labute approximate surface area is 225 Å². The topological polar surface area (TPSA) is 35.5 Å². The highest BCUT2D eigenvalue weighted by Crippen LogP contribution is 2.53. The lowest BCUT2D eigenvalue weighted by Gasteiger charge is -2.45. The predicted molar refractivity (Wildman–Crippen MR) is 155 cm³/mol. The molecule has 3 nitrogen and oxygen atoms in total. The van der Waals surface area contributed by atoms with Gasteiger partial charge in [-0.15, -0.1) is 0 Å². The summed E-state index contributed by atoms with van der Waals surface area (Å²) in [6.07, 6.45) is 7.13. The molecule has 1 aliphatic heterocycles. The van der Waals surface area contributed by atoms with Crippen LogP contribution >= 0.6 is 11.8 Å². The van der Waals surface area contributed by atoms with Crippen molar-refractivity contribution in [3.63, 3.8) is 0 Å². The number of hydrogen-bond acceptors (Lipinski definition) is 4. The first kappa shape index (κ1) is 29.1. The molecule has 36 heavy (non-hydrogen) atoms. The van der Waals surface area contributed by atoms with Crippen molar-refractivity contribution in [2.45, 2.75) is 114 Å². The molecule has 5 unspecified atom stereocenters. The number of carbonyl (C=O) groups is 1. The Morgan fingerprint density at radius 1 is 1.14 bits per heavy atom. The Morgan fingerprint density at radius 3 is 2.33 bits per heavy atom. The van der Waals surface area contributed by atoms with E-state index in [1.165, 1.54) is 12.0 Å². The molecule has 2 aliphatic rings. The van der Waals surface area contributed by atoms with Gasteiger partial charge < -0.3 is 9.47 Å². The van der Waals surface area contributed by atoms with E-state index in [4.69, 9.17) is 9.47 Å². The van der Waals surface area contributed by atoms with E-state index in [0.29, 0.717) is 23.5 Å². The van der Waals surface area contributed by atoms with Crippen LogP contribution in [0, 0.1) is 49.9 Å². The Hall–Kier alpha value is -1.42. The quantitative estimate of drug-likeness (QED) is 0.268. The number of benzene rings is 1. The minimum Gasteiger partial charge on any atom is -0.487 e. The summed E-state index contributed by atoms with van der Waals surface area (Å²) in [7, 11) is 0. The summed E-state index contributed by atoms with van der Waals surface area (Å²) < 4.78 is 12.7. The van der Waals surface area contributed by atoms with E-state index in [0.717, 1.165) is 65.8 Å². The fraction of sp³-hybridized carbons (Fsp3) is 0.719. The monoisotopic (exact) mass is 514 g/mol. The molecule has 1 aromatic carbocycles. The van der Waals surface area contributed by atoms with Crippen molar-refractivity contribution in [2.24, 2.45) is 29.1 Å². The molecule has 0 spiro atoms. The highest BCUT2D eigenvalue weighted by atomic mass is 32.2. The molecule has 5 atom stereocenters. The fourth-order valence-electron chi connectivity index (χ4n) is 7.37. The van der Waals surface area contributed by atoms with Gasteiger partial charge in [0.1, 0.15) is 17.1 Å². The zero-order valence-corrected chi connectivity index (χ0v) is 25.8. The molecule has 1 heterocycles. The van der Waals surface area contributed by atoms with Crippen LogP contribution in [0.1, 0.15) is 103 Å². The van der Waals surface area contributed by atoms with Crippen molar-refractivity contribution >= 4 is 17.1 Å². The van der Waals surface area contributed by atoms with E-state index in [1.807, 2.05) is 6.92 Å². The van der Waals surface area contributed by atoms with E-state index in [1.54, 1.807) is 17.4 Å². The highest BCUT2D eigenvalue weighted by Gasteiger charge is 2.45. The predicted octanol–water partition coefficient (Wildman–Crippen LogP) is 9.63. The first-order chi connectivity index (χ1) is 16.7. The van der Waals surface area contributed by atoms with E-state index < -0.39 is 0 Å². The van der Waals surface area contributed by atoms with Crippen molar-refractivity contribution in [2.75, 3.05) is 6.26 Å². The molecule has 3 rings (SSSR count). The molecule has 1 aromatic rings. The summed E-state index contributed by atoms with van der Waals surface area (Å²) in [4.78, 5) is 12.0. The van der Waals surface area contributed by atoms with E-state index in [9.17, 15) is 4.79 Å². The number of ether oxygens (including phenoxy) is 2. The first-order valence-corrected chi connectivity index (χ1v) is 15.2. The van der Waals surface area contributed by atoms with E-state index in [2.05, 4.69) is 69.2 Å². The van der Waals surface area contributed by atoms with Crippen LogP contribution in [-0.2, 0) is 6.42 Å².